The third-order valence-electron chi connectivity index (χ3n) is 2.95. The molecule has 0 spiro atoms. The predicted octanol–water partition coefficient (Wildman–Crippen LogP) is 1.65. The van der Waals surface area contributed by atoms with E-state index in [1.54, 1.807) is 4.90 Å². The molecule has 0 unspecified atom stereocenters. The van der Waals surface area contributed by atoms with Gasteiger partial charge >= 0.3 is 0 Å². The minimum absolute atomic E-state index is 0.141. The molecule has 1 heterocycles. The Morgan fingerprint density at radius 2 is 2.05 bits per heavy atom. The number of rotatable bonds is 7. The van der Waals surface area contributed by atoms with Gasteiger partial charge in [-0.3, -0.25) is 4.79 Å². The molecule has 1 rings (SSSR count). The van der Waals surface area contributed by atoms with Gasteiger partial charge in [0.15, 0.2) is 0 Å². The summed E-state index contributed by atoms with van der Waals surface area (Å²) in [5.74, 6) is 2.19. The van der Waals surface area contributed by atoms with E-state index in [0.717, 1.165) is 36.0 Å². The van der Waals surface area contributed by atoms with E-state index in [0.29, 0.717) is 0 Å². The topological polar surface area (TPSA) is 84.1 Å². The number of primary amides is 1. The molecular weight excluding hydrogens is 254 g/mol. The highest BCUT2D eigenvalue weighted by molar-refractivity contribution is 5.79. The molecule has 0 bridgehead atoms. The van der Waals surface area contributed by atoms with E-state index in [-0.39, 0.29) is 18.4 Å². The fraction of sp³-hybridized carbons (Fsp3) is 0.643. The Hall–Kier alpha value is -1.85. The lowest BCUT2D eigenvalue weighted by Gasteiger charge is -2.22. The molecule has 1 amide bonds. The summed E-state index contributed by atoms with van der Waals surface area (Å²) in [6.07, 6.45) is 1.02. The molecule has 0 aliphatic rings. The van der Waals surface area contributed by atoms with Gasteiger partial charge in [-0.1, -0.05) is 20.8 Å². The smallest absolute Gasteiger partial charge is 0.236 e. The Balaban J connectivity index is 3.19. The van der Waals surface area contributed by atoms with E-state index in [1.165, 1.54) is 0 Å². The second-order valence-corrected chi connectivity index (χ2v) is 5.28. The lowest BCUT2D eigenvalue weighted by molar-refractivity contribution is -0.116. The molecule has 0 aliphatic heterocycles. The maximum atomic E-state index is 11.1. The van der Waals surface area contributed by atoms with Crippen LogP contribution in [0.4, 0.5) is 11.6 Å². The summed E-state index contributed by atoms with van der Waals surface area (Å²) in [6.45, 7) is 9.15. The zero-order valence-electron chi connectivity index (χ0n) is 13.0. The largest absolute Gasteiger partial charge is 0.370 e. The van der Waals surface area contributed by atoms with Crippen LogP contribution < -0.4 is 16.0 Å². The van der Waals surface area contributed by atoms with E-state index in [1.807, 2.05) is 27.8 Å². The summed E-state index contributed by atoms with van der Waals surface area (Å²) in [4.78, 5) is 22.0. The Bertz CT molecular complexity index is 473. The van der Waals surface area contributed by atoms with E-state index in [4.69, 9.17) is 5.73 Å². The number of nitrogens with zero attached hydrogens (tertiary/aromatic N) is 3. The van der Waals surface area contributed by atoms with E-state index in [9.17, 15) is 4.79 Å². The molecule has 0 aromatic carbocycles. The van der Waals surface area contributed by atoms with Crippen LogP contribution >= 0.6 is 0 Å². The van der Waals surface area contributed by atoms with E-state index < -0.39 is 0 Å². The van der Waals surface area contributed by atoms with Crippen molar-refractivity contribution in [1.29, 1.82) is 0 Å². The number of carbonyl (C=O) groups excluding carboxylic acids is 1. The minimum Gasteiger partial charge on any atom is -0.370 e. The molecule has 1 aromatic rings. The molecule has 0 fully saturated rings. The third kappa shape index (κ3) is 4.08. The Morgan fingerprint density at radius 3 is 2.55 bits per heavy atom. The molecule has 1 aromatic heterocycles. The lowest BCUT2D eigenvalue weighted by Crippen LogP contribution is -2.32. The first-order chi connectivity index (χ1) is 9.36. The van der Waals surface area contributed by atoms with Gasteiger partial charge in [-0.2, -0.15) is 0 Å². The number of nitrogens with two attached hydrogens (primary N) is 1. The third-order valence-corrected chi connectivity index (χ3v) is 2.95. The first-order valence-corrected chi connectivity index (χ1v) is 6.98. The highest BCUT2D eigenvalue weighted by Gasteiger charge is 2.16. The van der Waals surface area contributed by atoms with Gasteiger partial charge in [-0.05, 0) is 13.3 Å². The molecule has 0 saturated carbocycles. The van der Waals surface area contributed by atoms with Crippen LogP contribution in [0.2, 0.25) is 0 Å². The minimum atomic E-state index is -0.375. The van der Waals surface area contributed by atoms with Crippen molar-refractivity contribution >= 4 is 17.5 Å². The maximum Gasteiger partial charge on any atom is 0.236 e. The van der Waals surface area contributed by atoms with Crippen LogP contribution in [0, 0.1) is 6.92 Å². The number of likely N-dealkylation sites (N-methyl/N-ethyl adjacent to an activating group) is 1. The van der Waals surface area contributed by atoms with Crippen molar-refractivity contribution in [2.75, 3.05) is 30.4 Å². The standard InChI is InChI=1S/C14H25N5O/c1-6-7-16-13-10(4)14(19(5)8-11(15)20)18-12(17-13)9(2)3/h9H,6-8H2,1-5H3,(H2,15,20)(H,16,17,18). The van der Waals surface area contributed by atoms with Gasteiger partial charge in [0.25, 0.3) is 0 Å². The van der Waals surface area contributed by atoms with Gasteiger partial charge in [0.2, 0.25) is 5.91 Å². The number of anilines is 2. The molecule has 112 valence electrons. The van der Waals surface area contributed by atoms with E-state index in [2.05, 4.69) is 22.2 Å². The van der Waals surface area contributed by atoms with Gasteiger partial charge in [0, 0.05) is 25.1 Å². The number of carbonyl (C=O) groups is 1. The zero-order chi connectivity index (χ0) is 15.3. The lowest BCUT2D eigenvalue weighted by atomic mass is 10.2. The average Bonchev–Trinajstić information content (AvgIpc) is 2.36. The SMILES string of the molecule is CCCNc1nc(C(C)C)nc(N(C)CC(N)=O)c1C. The highest BCUT2D eigenvalue weighted by Crippen LogP contribution is 2.25. The van der Waals surface area contributed by atoms with Crippen molar-refractivity contribution in [2.24, 2.45) is 5.73 Å². The molecular formula is C14H25N5O. The number of hydrogen-bond acceptors (Lipinski definition) is 5. The quantitative estimate of drug-likeness (QED) is 0.793. The first kappa shape index (κ1) is 16.2. The highest BCUT2D eigenvalue weighted by atomic mass is 16.1. The van der Waals surface area contributed by atoms with Gasteiger partial charge in [-0.25, -0.2) is 9.97 Å². The predicted molar refractivity (Wildman–Crippen MR) is 82.1 cm³/mol. The summed E-state index contributed by atoms with van der Waals surface area (Å²) in [5, 5.41) is 3.31. The Labute approximate surface area is 120 Å². The maximum absolute atomic E-state index is 11.1. The van der Waals surface area contributed by atoms with Crippen LogP contribution in [0.5, 0.6) is 0 Å². The second kappa shape index (κ2) is 7.07. The first-order valence-electron chi connectivity index (χ1n) is 6.98. The summed E-state index contributed by atoms with van der Waals surface area (Å²) in [5.41, 5.74) is 6.19. The number of hydrogen-bond donors (Lipinski definition) is 2. The van der Waals surface area contributed by atoms with Crippen molar-refractivity contribution in [3.05, 3.63) is 11.4 Å². The van der Waals surface area contributed by atoms with Crippen molar-refractivity contribution in [2.45, 2.75) is 40.0 Å². The van der Waals surface area contributed by atoms with Crippen LogP contribution in [0.3, 0.4) is 0 Å². The van der Waals surface area contributed by atoms with E-state index >= 15 is 0 Å². The number of amides is 1. The summed E-state index contributed by atoms with van der Waals surface area (Å²) < 4.78 is 0. The Kier molecular flexibility index (Phi) is 5.73. The summed E-state index contributed by atoms with van der Waals surface area (Å²) >= 11 is 0. The van der Waals surface area contributed by atoms with Gasteiger partial charge < -0.3 is 16.0 Å². The van der Waals surface area contributed by atoms with Crippen molar-refractivity contribution in [1.82, 2.24) is 9.97 Å². The molecule has 0 saturated heterocycles. The zero-order valence-corrected chi connectivity index (χ0v) is 13.0. The van der Waals surface area contributed by atoms with Gasteiger partial charge in [0.05, 0.1) is 6.54 Å². The number of nitrogens with one attached hydrogen (secondary N) is 1. The normalized spacial score (nSPS) is 10.7. The van der Waals surface area contributed by atoms with Crippen molar-refractivity contribution in [3.63, 3.8) is 0 Å². The molecule has 6 heteroatoms. The van der Waals surface area contributed by atoms with Crippen LogP contribution in [0.15, 0.2) is 0 Å². The molecule has 0 radical (unpaired) electrons. The number of aromatic nitrogens is 2. The fourth-order valence-electron chi connectivity index (χ4n) is 1.88. The fourth-order valence-corrected chi connectivity index (χ4v) is 1.88. The molecule has 20 heavy (non-hydrogen) atoms. The van der Waals surface area contributed by atoms with Crippen molar-refractivity contribution in [3.8, 4) is 0 Å². The van der Waals surface area contributed by atoms with Crippen LogP contribution in [0.1, 0.15) is 44.5 Å². The molecule has 0 aliphatic carbocycles. The van der Waals surface area contributed by atoms with Gasteiger partial charge in [-0.15, -0.1) is 0 Å². The van der Waals surface area contributed by atoms with Gasteiger partial charge in [0.1, 0.15) is 17.5 Å². The van der Waals surface area contributed by atoms with Crippen LogP contribution in [-0.2, 0) is 4.79 Å². The van der Waals surface area contributed by atoms with Crippen molar-refractivity contribution < 1.29 is 4.79 Å². The molecule has 6 nitrogen and oxygen atoms in total. The molecule has 0 atom stereocenters. The van der Waals surface area contributed by atoms with Crippen LogP contribution in [0.25, 0.3) is 0 Å². The van der Waals surface area contributed by atoms with Crippen LogP contribution in [-0.4, -0.2) is 36.0 Å². The Morgan fingerprint density at radius 1 is 1.40 bits per heavy atom. The monoisotopic (exact) mass is 279 g/mol. The molecule has 3 N–H and O–H groups in total. The summed E-state index contributed by atoms with van der Waals surface area (Å²) in [6, 6.07) is 0. The average molecular weight is 279 g/mol. The second-order valence-electron chi connectivity index (χ2n) is 5.28. The summed E-state index contributed by atoms with van der Waals surface area (Å²) in [7, 11) is 1.81.